The zero-order valence-electron chi connectivity index (χ0n) is 18.1. The zero-order valence-corrected chi connectivity index (χ0v) is 18.9. The van der Waals surface area contributed by atoms with Crippen LogP contribution in [0.3, 0.4) is 0 Å². The lowest BCUT2D eigenvalue weighted by molar-refractivity contribution is -0.137. The smallest absolute Gasteiger partial charge is 0.315 e. The van der Waals surface area contributed by atoms with Crippen LogP contribution in [0.4, 0.5) is 0 Å². The maximum absolute atomic E-state index is 11.1. The molecule has 5 atom stereocenters. The molecule has 0 radical (unpaired) electrons. The molecule has 1 fully saturated rings. The molecule has 0 spiro atoms. The van der Waals surface area contributed by atoms with E-state index in [1.807, 2.05) is 11.5 Å². The van der Waals surface area contributed by atoms with Gasteiger partial charge in [-0.15, -0.1) is 18.3 Å². The molecule has 0 saturated heterocycles. The number of aliphatic hydroxyl groups is 3. The summed E-state index contributed by atoms with van der Waals surface area (Å²) in [7, 11) is 1.38. The molecule has 0 amide bonds. The summed E-state index contributed by atoms with van der Waals surface area (Å²) in [5.41, 5.74) is -0.827. The Morgan fingerprint density at radius 1 is 1.17 bits per heavy atom. The Bertz CT molecular complexity index is 509. The van der Waals surface area contributed by atoms with Gasteiger partial charge in [-0.05, 0) is 62.2 Å². The lowest BCUT2D eigenvalue weighted by Crippen LogP contribution is -2.27. The Morgan fingerprint density at radius 2 is 1.83 bits per heavy atom. The van der Waals surface area contributed by atoms with E-state index in [0.29, 0.717) is 18.6 Å². The first-order chi connectivity index (χ1) is 13.9. The van der Waals surface area contributed by atoms with Gasteiger partial charge in [0.05, 0.1) is 30.7 Å². The Balaban J connectivity index is 2.44. The highest BCUT2D eigenvalue weighted by molar-refractivity contribution is 8.02. The van der Waals surface area contributed by atoms with Crippen LogP contribution >= 0.6 is 11.8 Å². The summed E-state index contributed by atoms with van der Waals surface area (Å²) >= 11 is 1.39. The second-order valence-corrected chi connectivity index (χ2v) is 9.09. The average Bonchev–Trinajstić information content (AvgIpc) is 2.97. The normalized spacial score (nSPS) is 26.5. The lowest BCUT2D eigenvalue weighted by Gasteiger charge is -2.27. The third-order valence-electron chi connectivity index (χ3n) is 6.05. The SMILES string of the molecule is C=CC(O)(CCCCC)CCC[C@@H]1[C@@H](CCC=CSCC(=O)OC)[C@H](O)C[C@H]1O. The van der Waals surface area contributed by atoms with Crippen molar-refractivity contribution in [3.63, 3.8) is 0 Å². The molecule has 1 aliphatic carbocycles. The molecule has 3 N–H and O–H groups in total. The number of allylic oxidation sites excluding steroid dienone is 1. The highest BCUT2D eigenvalue weighted by Gasteiger charge is 2.40. The number of hydrogen-bond donors (Lipinski definition) is 3. The lowest BCUT2D eigenvalue weighted by atomic mass is 9.83. The maximum atomic E-state index is 11.1. The van der Waals surface area contributed by atoms with Crippen molar-refractivity contribution in [3.8, 4) is 0 Å². The number of ether oxygens (including phenoxy) is 1. The second-order valence-electron chi connectivity index (χ2n) is 8.19. The van der Waals surface area contributed by atoms with Crippen LogP contribution in [-0.2, 0) is 9.53 Å². The third kappa shape index (κ3) is 9.69. The minimum Gasteiger partial charge on any atom is -0.468 e. The predicted octanol–water partition coefficient (Wildman–Crippen LogP) is 4.21. The van der Waals surface area contributed by atoms with Gasteiger partial charge in [-0.25, -0.2) is 0 Å². The molecule has 0 aromatic carbocycles. The number of carbonyl (C=O) groups excluding carboxylic acids is 1. The first-order valence-electron chi connectivity index (χ1n) is 10.9. The molecule has 6 heteroatoms. The van der Waals surface area contributed by atoms with Crippen molar-refractivity contribution in [1.82, 2.24) is 0 Å². The van der Waals surface area contributed by atoms with Crippen LogP contribution < -0.4 is 0 Å². The molecule has 0 aromatic heterocycles. The van der Waals surface area contributed by atoms with Gasteiger partial charge >= 0.3 is 5.97 Å². The summed E-state index contributed by atoms with van der Waals surface area (Å²) in [5.74, 6) is 0.177. The Kier molecular flexibility index (Phi) is 12.9. The summed E-state index contributed by atoms with van der Waals surface area (Å²) in [4.78, 5) is 11.1. The van der Waals surface area contributed by atoms with Crippen LogP contribution in [0.1, 0.15) is 71.1 Å². The van der Waals surface area contributed by atoms with Crippen LogP contribution in [0.15, 0.2) is 24.1 Å². The van der Waals surface area contributed by atoms with Crippen molar-refractivity contribution in [1.29, 1.82) is 0 Å². The molecule has 0 aromatic rings. The van der Waals surface area contributed by atoms with Crippen LogP contribution in [0.25, 0.3) is 0 Å². The van der Waals surface area contributed by atoms with E-state index in [2.05, 4.69) is 18.2 Å². The van der Waals surface area contributed by atoms with Crippen LogP contribution in [-0.4, -0.2) is 52.0 Å². The zero-order chi connectivity index (χ0) is 21.7. The quantitative estimate of drug-likeness (QED) is 0.206. The fraction of sp³-hybridized carbons (Fsp3) is 0.783. The Morgan fingerprint density at radius 3 is 2.45 bits per heavy atom. The molecular formula is C23H40O5S. The predicted molar refractivity (Wildman–Crippen MR) is 120 cm³/mol. The van der Waals surface area contributed by atoms with Crippen LogP contribution in [0.5, 0.6) is 0 Å². The van der Waals surface area contributed by atoms with E-state index in [1.165, 1.54) is 18.9 Å². The highest BCUT2D eigenvalue weighted by Crippen LogP contribution is 2.39. The summed E-state index contributed by atoms with van der Waals surface area (Å²) < 4.78 is 4.60. The van der Waals surface area contributed by atoms with Gasteiger partial charge in [-0.3, -0.25) is 4.79 Å². The monoisotopic (exact) mass is 428 g/mol. The van der Waals surface area contributed by atoms with E-state index in [4.69, 9.17) is 0 Å². The van der Waals surface area contributed by atoms with Crippen molar-refractivity contribution in [2.24, 2.45) is 11.8 Å². The fourth-order valence-electron chi connectivity index (χ4n) is 4.23. The summed E-state index contributed by atoms with van der Waals surface area (Å²) in [6, 6.07) is 0. The number of esters is 1. The maximum Gasteiger partial charge on any atom is 0.315 e. The molecule has 1 unspecified atom stereocenters. The minimum atomic E-state index is -0.827. The van der Waals surface area contributed by atoms with Gasteiger partial charge in [0, 0.05) is 0 Å². The van der Waals surface area contributed by atoms with E-state index in [0.717, 1.165) is 51.4 Å². The number of methoxy groups -OCH3 is 1. The standard InChI is InChI=1S/C23H40O5S/c1-4-6-8-13-23(27,5-2)14-10-12-19-18(20(24)16-21(19)25)11-7-9-15-29-17-22(26)28-3/h5,9,15,18-21,24-25,27H,2,4,6-8,10-14,16-17H2,1,3H3/t18-,19-,20-,21-,23?/m1/s1. The number of hydrogen-bond acceptors (Lipinski definition) is 6. The van der Waals surface area contributed by atoms with E-state index in [-0.39, 0.29) is 17.8 Å². The molecule has 1 aliphatic rings. The topological polar surface area (TPSA) is 87.0 Å². The molecule has 0 aliphatic heterocycles. The molecule has 1 rings (SSSR count). The van der Waals surface area contributed by atoms with Crippen molar-refractivity contribution < 1.29 is 24.9 Å². The molecule has 168 valence electrons. The Hall–Kier alpha value is -0.820. The van der Waals surface area contributed by atoms with Gasteiger partial charge in [-0.2, -0.15) is 0 Å². The summed E-state index contributed by atoms with van der Waals surface area (Å²) in [5, 5.41) is 33.4. The van der Waals surface area contributed by atoms with E-state index in [9.17, 15) is 20.1 Å². The average molecular weight is 429 g/mol. The molecule has 5 nitrogen and oxygen atoms in total. The Labute approximate surface area is 180 Å². The number of rotatable bonds is 15. The van der Waals surface area contributed by atoms with Crippen molar-refractivity contribution in [2.45, 2.75) is 88.9 Å². The molecule has 1 saturated carbocycles. The molecule has 0 heterocycles. The first kappa shape index (κ1) is 26.2. The van der Waals surface area contributed by atoms with Gasteiger partial charge < -0.3 is 20.1 Å². The minimum absolute atomic E-state index is 0.0610. The molecule has 0 bridgehead atoms. The van der Waals surface area contributed by atoms with E-state index >= 15 is 0 Å². The van der Waals surface area contributed by atoms with Crippen LogP contribution in [0.2, 0.25) is 0 Å². The van der Waals surface area contributed by atoms with Gasteiger partial charge in [-0.1, -0.05) is 38.3 Å². The van der Waals surface area contributed by atoms with Gasteiger partial charge in [0.15, 0.2) is 0 Å². The number of unbranched alkanes of at least 4 members (excludes halogenated alkanes) is 2. The van der Waals surface area contributed by atoms with E-state index < -0.39 is 17.8 Å². The second kappa shape index (κ2) is 14.2. The van der Waals surface area contributed by atoms with Crippen LogP contribution in [0, 0.1) is 11.8 Å². The van der Waals surface area contributed by atoms with Gasteiger partial charge in [0.25, 0.3) is 0 Å². The van der Waals surface area contributed by atoms with Gasteiger partial charge in [0.2, 0.25) is 0 Å². The van der Waals surface area contributed by atoms with Crippen molar-refractivity contribution in [2.75, 3.05) is 12.9 Å². The van der Waals surface area contributed by atoms with Crippen molar-refractivity contribution in [3.05, 3.63) is 24.1 Å². The van der Waals surface area contributed by atoms with E-state index in [1.54, 1.807) is 6.08 Å². The highest BCUT2D eigenvalue weighted by atomic mass is 32.2. The third-order valence-corrected chi connectivity index (χ3v) is 6.84. The first-order valence-corrected chi connectivity index (χ1v) is 12.0. The molecule has 29 heavy (non-hydrogen) atoms. The number of carbonyl (C=O) groups is 1. The largest absolute Gasteiger partial charge is 0.468 e. The van der Waals surface area contributed by atoms with Gasteiger partial charge in [0.1, 0.15) is 0 Å². The van der Waals surface area contributed by atoms with Crippen molar-refractivity contribution >= 4 is 17.7 Å². The summed E-state index contributed by atoms with van der Waals surface area (Å²) in [6.07, 6.45) is 11.0. The summed E-state index contributed by atoms with van der Waals surface area (Å²) in [6.45, 7) is 5.95. The number of thioether (sulfide) groups is 1. The molecular weight excluding hydrogens is 388 g/mol. The fourth-order valence-corrected chi connectivity index (χ4v) is 4.86. The number of aliphatic hydroxyl groups excluding tert-OH is 2.